The summed E-state index contributed by atoms with van der Waals surface area (Å²) in [6.45, 7) is 0. The standard InChI is InChI=1S/C11H18N2S2/c12-13-10(11-2-1-5-15-11)8-9-3-6-14-7-4-9/h1-2,5,9-10,13H,3-4,6-8,12H2. The van der Waals surface area contributed by atoms with Crippen LogP contribution in [0.5, 0.6) is 0 Å². The van der Waals surface area contributed by atoms with Crippen molar-refractivity contribution in [1.29, 1.82) is 0 Å². The van der Waals surface area contributed by atoms with Crippen molar-refractivity contribution in [3.05, 3.63) is 22.4 Å². The minimum atomic E-state index is 0.359. The van der Waals surface area contributed by atoms with Crippen LogP contribution in [0.3, 0.4) is 0 Å². The van der Waals surface area contributed by atoms with Gasteiger partial charge in [-0.3, -0.25) is 11.3 Å². The zero-order valence-electron chi connectivity index (χ0n) is 8.82. The molecule has 0 bridgehead atoms. The van der Waals surface area contributed by atoms with E-state index in [1.165, 1.54) is 35.6 Å². The maximum absolute atomic E-state index is 5.63. The van der Waals surface area contributed by atoms with Crippen molar-refractivity contribution in [2.24, 2.45) is 11.8 Å². The highest BCUT2D eigenvalue weighted by molar-refractivity contribution is 7.99. The fraction of sp³-hybridized carbons (Fsp3) is 0.636. The summed E-state index contributed by atoms with van der Waals surface area (Å²) >= 11 is 3.88. The van der Waals surface area contributed by atoms with Gasteiger partial charge in [-0.15, -0.1) is 11.3 Å². The van der Waals surface area contributed by atoms with Crippen LogP contribution < -0.4 is 11.3 Å². The summed E-state index contributed by atoms with van der Waals surface area (Å²) in [5.41, 5.74) is 2.96. The number of thiophene rings is 1. The van der Waals surface area contributed by atoms with Gasteiger partial charge in [-0.25, -0.2) is 0 Å². The van der Waals surface area contributed by atoms with Crippen molar-refractivity contribution in [1.82, 2.24) is 5.43 Å². The number of nitrogens with one attached hydrogen (secondary N) is 1. The lowest BCUT2D eigenvalue weighted by molar-refractivity contribution is 0.377. The Labute approximate surface area is 99.6 Å². The third-order valence-electron chi connectivity index (χ3n) is 3.00. The first-order chi connectivity index (χ1) is 7.40. The summed E-state index contributed by atoms with van der Waals surface area (Å²) in [6, 6.07) is 4.63. The summed E-state index contributed by atoms with van der Waals surface area (Å²) in [4.78, 5) is 1.37. The molecule has 84 valence electrons. The number of hydrazine groups is 1. The van der Waals surface area contributed by atoms with Crippen molar-refractivity contribution in [2.45, 2.75) is 25.3 Å². The Morgan fingerprint density at radius 3 is 2.87 bits per heavy atom. The van der Waals surface area contributed by atoms with Gasteiger partial charge in [-0.05, 0) is 48.1 Å². The van der Waals surface area contributed by atoms with Crippen LogP contribution in [0.2, 0.25) is 0 Å². The third-order valence-corrected chi connectivity index (χ3v) is 5.03. The maximum atomic E-state index is 5.63. The van der Waals surface area contributed by atoms with Crippen LogP contribution in [-0.2, 0) is 0 Å². The summed E-state index contributed by atoms with van der Waals surface area (Å²) in [6.07, 6.45) is 3.90. The van der Waals surface area contributed by atoms with Gasteiger partial charge < -0.3 is 0 Å². The molecule has 1 saturated heterocycles. The number of nitrogens with two attached hydrogens (primary N) is 1. The lowest BCUT2D eigenvalue weighted by atomic mass is 9.94. The van der Waals surface area contributed by atoms with E-state index in [1.807, 2.05) is 0 Å². The largest absolute Gasteiger partial charge is 0.271 e. The van der Waals surface area contributed by atoms with Crippen molar-refractivity contribution < 1.29 is 0 Å². The van der Waals surface area contributed by atoms with Gasteiger partial charge in [0, 0.05) is 4.88 Å². The lowest BCUT2D eigenvalue weighted by Gasteiger charge is -2.25. The maximum Gasteiger partial charge on any atom is 0.0555 e. The first kappa shape index (κ1) is 11.5. The van der Waals surface area contributed by atoms with Gasteiger partial charge in [-0.2, -0.15) is 11.8 Å². The molecule has 3 N–H and O–H groups in total. The quantitative estimate of drug-likeness (QED) is 0.630. The minimum absolute atomic E-state index is 0.359. The number of thioether (sulfide) groups is 1. The van der Waals surface area contributed by atoms with E-state index >= 15 is 0 Å². The molecular weight excluding hydrogens is 224 g/mol. The number of hydrogen-bond acceptors (Lipinski definition) is 4. The Morgan fingerprint density at radius 2 is 2.27 bits per heavy atom. The molecule has 0 amide bonds. The molecule has 4 heteroatoms. The SMILES string of the molecule is NNC(CC1CCSCC1)c1cccs1. The van der Waals surface area contributed by atoms with Crippen LogP contribution in [0, 0.1) is 5.92 Å². The second-order valence-corrected chi connectivity index (χ2v) is 6.23. The Balaban J connectivity index is 1.90. The van der Waals surface area contributed by atoms with Crippen molar-refractivity contribution in [2.75, 3.05) is 11.5 Å². The average Bonchev–Trinajstić information content (AvgIpc) is 2.81. The van der Waals surface area contributed by atoms with Gasteiger partial charge in [0.15, 0.2) is 0 Å². The molecule has 2 heterocycles. The van der Waals surface area contributed by atoms with E-state index in [1.54, 1.807) is 11.3 Å². The van der Waals surface area contributed by atoms with E-state index in [0.717, 1.165) is 5.92 Å². The van der Waals surface area contributed by atoms with Crippen LogP contribution >= 0.6 is 23.1 Å². The van der Waals surface area contributed by atoms with Gasteiger partial charge in [-0.1, -0.05) is 6.07 Å². The topological polar surface area (TPSA) is 38.0 Å². The Bertz CT molecular complexity index is 268. The van der Waals surface area contributed by atoms with Crippen LogP contribution in [0.4, 0.5) is 0 Å². The second-order valence-electron chi connectivity index (χ2n) is 4.03. The smallest absolute Gasteiger partial charge is 0.0555 e. The molecule has 1 aromatic heterocycles. The van der Waals surface area contributed by atoms with Crippen molar-refractivity contribution >= 4 is 23.1 Å². The Kier molecular flexibility index (Phi) is 4.50. The molecule has 1 aliphatic rings. The minimum Gasteiger partial charge on any atom is -0.271 e. The summed E-state index contributed by atoms with van der Waals surface area (Å²) in [7, 11) is 0. The molecule has 2 rings (SSSR count). The number of rotatable bonds is 4. The molecule has 15 heavy (non-hydrogen) atoms. The fourth-order valence-corrected chi connectivity index (χ4v) is 4.08. The summed E-state index contributed by atoms with van der Waals surface area (Å²) in [5, 5.41) is 2.12. The van der Waals surface area contributed by atoms with Crippen LogP contribution in [0.15, 0.2) is 17.5 Å². The van der Waals surface area contributed by atoms with E-state index in [0.29, 0.717) is 6.04 Å². The molecular formula is C11H18N2S2. The zero-order valence-corrected chi connectivity index (χ0v) is 10.4. The van der Waals surface area contributed by atoms with Crippen LogP contribution in [-0.4, -0.2) is 11.5 Å². The van der Waals surface area contributed by atoms with Gasteiger partial charge in [0.2, 0.25) is 0 Å². The summed E-state index contributed by atoms with van der Waals surface area (Å²) < 4.78 is 0. The first-order valence-corrected chi connectivity index (χ1v) is 7.51. The molecule has 2 nitrogen and oxygen atoms in total. The van der Waals surface area contributed by atoms with E-state index in [-0.39, 0.29) is 0 Å². The molecule has 1 aromatic rings. The Hall–Kier alpha value is -0.0300. The molecule has 0 aromatic carbocycles. The Morgan fingerprint density at radius 1 is 1.47 bits per heavy atom. The van der Waals surface area contributed by atoms with Crippen molar-refractivity contribution in [3.63, 3.8) is 0 Å². The molecule has 1 unspecified atom stereocenters. The molecule has 0 radical (unpaired) electrons. The van der Waals surface area contributed by atoms with Gasteiger partial charge in [0.1, 0.15) is 0 Å². The second kappa shape index (κ2) is 5.89. The van der Waals surface area contributed by atoms with Crippen LogP contribution in [0.25, 0.3) is 0 Å². The van der Waals surface area contributed by atoms with Gasteiger partial charge >= 0.3 is 0 Å². The molecule has 1 atom stereocenters. The van der Waals surface area contributed by atoms with E-state index < -0.39 is 0 Å². The number of hydrogen-bond donors (Lipinski definition) is 2. The monoisotopic (exact) mass is 242 g/mol. The van der Waals surface area contributed by atoms with E-state index in [2.05, 4.69) is 34.7 Å². The molecule has 0 aliphatic carbocycles. The molecule has 0 saturated carbocycles. The predicted molar refractivity (Wildman–Crippen MR) is 69.0 cm³/mol. The first-order valence-electron chi connectivity index (χ1n) is 5.47. The highest BCUT2D eigenvalue weighted by atomic mass is 32.2. The average molecular weight is 242 g/mol. The molecule has 1 aliphatic heterocycles. The van der Waals surface area contributed by atoms with Crippen LogP contribution in [0.1, 0.15) is 30.2 Å². The highest BCUT2D eigenvalue weighted by Gasteiger charge is 2.19. The molecule has 0 spiro atoms. The summed E-state index contributed by atoms with van der Waals surface area (Å²) in [5.74, 6) is 9.14. The highest BCUT2D eigenvalue weighted by Crippen LogP contribution is 2.31. The van der Waals surface area contributed by atoms with Crippen molar-refractivity contribution in [3.8, 4) is 0 Å². The van der Waals surface area contributed by atoms with E-state index in [9.17, 15) is 0 Å². The van der Waals surface area contributed by atoms with E-state index in [4.69, 9.17) is 5.84 Å². The van der Waals surface area contributed by atoms with Gasteiger partial charge in [0.25, 0.3) is 0 Å². The third kappa shape index (κ3) is 3.21. The predicted octanol–water partition coefficient (Wildman–Crippen LogP) is 2.79. The lowest BCUT2D eigenvalue weighted by Crippen LogP contribution is -2.29. The van der Waals surface area contributed by atoms with Gasteiger partial charge in [0.05, 0.1) is 6.04 Å². The zero-order chi connectivity index (χ0) is 10.5. The normalized spacial score (nSPS) is 20.3. The fourth-order valence-electron chi connectivity index (χ4n) is 2.07. The molecule has 1 fully saturated rings.